The quantitative estimate of drug-likeness (QED) is 0.256. The number of nitrogens with zero attached hydrogens (tertiary/aromatic N) is 1. The Morgan fingerprint density at radius 1 is 1.10 bits per heavy atom. The lowest BCUT2D eigenvalue weighted by atomic mass is 9.76. The summed E-state index contributed by atoms with van der Waals surface area (Å²) in [7, 11) is 0. The van der Waals surface area contributed by atoms with Crippen molar-refractivity contribution in [3.05, 3.63) is 52.0 Å². The van der Waals surface area contributed by atoms with Gasteiger partial charge >= 0.3 is 0 Å². The minimum atomic E-state index is -0.698. The number of hydrogen-bond acceptors (Lipinski definition) is 3. The van der Waals surface area contributed by atoms with Gasteiger partial charge in [0.15, 0.2) is 5.78 Å². The average molecular weight is 424 g/mol. The zero-order valence-electron chi connectivity index (χ0n) is 20.2. The lowest BCUT2D eigenvalue weighted by Crippen LogP contribution is -2.30. The molecule has 1 atom stereocenters. The minimum absolute atomic E-state index is 0.0165. The standard InChI is InChI=1S/C27H37NO3/c1-9-26(4,5)19-13-14-23(21(17-19)27(6,7)10-2)31-15-11-12-20-22(29)16-18(3)24(28-8)25(20)30/h13-14,17,20H,9-12,15-16H2,1-7H3. The van der Waals surface area contributed by atoms with Gasteiger partial charge in [-0.25, -0.2) is 4.85 Å². The van der Waals surface area contributed by atoms with Crippen LogP contribution in [-0.2, 0) is 20.4 Å². The van der Waals surface area contributed by atoms with E-state index in [0.717, 1.165) is 18.6 Å². The highest BCUT2D eigenvalue weighted by atomic mass is 16.5. The molecular formula is C27H37NO3. The maximum atomic E-state index is 12.5. The van der Waals surface area contributed by atoms with Crippen LogP contribution in [0.2, 0.25) is 0 Å². The summed E-state index contributed by atoms with van der Waals surface area (Å²) in [5.74, 6) is -0.214. The van der Waals surface area contributed by atoms with Crippen molar-refractivity contribution in [2.45, 2.75) is 91.4 Å². The molecule has 1 unspecified atom stereocenters. The Morgan fingerprint density at radius 2 is 1.74 bits per heavy atom. The molecule has 1 aliphatic rings. The average Bonchev–Trinajstić information content (AvgIpc) is 2.73. The molecule has 0 aromatic heterocycles. The summed E-state index contributed by atoms with van der Waals surface area (Å²) in [5, 5.41) is 0. The van der Waals surface area contributed by atoms with Gasteiger partial charge in [0, 0.05) is 12.0 Å². The largest absolute Gasteiger partial charge is 0.493 e. The molecule has 1 aromatic carbocycles. The highest BCUT2D eigenvalue weighted by Gasteiger charge is 2.34. The third-order valence-electron chi connectivity index (χ3n) is 7.05. The number of carbonyl (C=O) groups is 2. The van der Waals surface area contributed by atoms with Crippen LogP contribution in [0.4, 0.5) is 0 Å². The van der Waals surface area contributed by atoms with Crippen molar-refractivity contribution in [3.63, 3.8) is 0 Å². The summed E-state index contributed by atoms with van der Waals surface area (Å²) in [4.78, 5) is 28.2. The first kappa shape index (κ1) is 24.9. The molecule has 0 saturated carbocycles. The van der Waals surface area contributed by atoms with Crippen LogP contribution in [0.1, 0.15) is 91.7 Å². The van der Waals surface area contributed by atoms with E-state index < -0.39 is 5.92 Å². The van der Waals surface area contributed by atoms with Crippen LogP contribution in [0.25, 0.3) is 4.85 Å². The molecule has 0 radical (unpaired) electrons. The molecule has 0 heterocycles. The van der Waals surface area contributed by atoms with Crippen molar-refractivity contribution in [3.8, 4) is 5.75 Å². The molecule has 1 aromatic rings. The normalized spacial score (nSPS) is 17.7. The summed E-state index contributed by atoms with van der Waals surface area (Å²) < 4.78 is 6.17. The SMILES string of the molecule is [C-]#[N+]C1=C(C)CC(=O)C(CCCOc2ccc(C(C)(C)CC)cc2C(C)(C)CC)C1=O. The molecule has 2 rings (SSSR count). The number of ether oxygens (including phenoxy) is 1. The molecule has 31 heavy (non-hydrogen) atoms. The summed E-state index contributed by atoms with van der Waals surface area (Å²) in [5.41, 5.74) is 3.34. The highest BCUT2D eigenvalue weighted by molar-refractivity contribution is 6.14. The van der Waals surface area contributed by atoms with Crippen molar-refractivity contribution in [2.75, 3.05) is 6.61 Å². The zero-order chi connectivity index (χ0) is 23.4. The summed E-state index contributed by atoms with van der Waals surface area (Å²) in [6, 6.07) is 6.50. The second kappa shape index (κ2) is 9.81. The van der Waals surface area contributed by atoms with E-state index in [0.29, 0.717) is 25.0 Å². The molecular weight excluding hydrogens is 386 g/mol. The van der Waals surface area contributed by atoms with E-state index in [2.05, 4.69) is 64.6 Å². The van der Waals surface area contributed by atoms with Gasteiger partial charge in [0.2, 0.25) is 5.70 Å². The predicted molar refractivity (Wildman–Crippen MR) is 125 cm³/mol. The van der Waals surface area contributed by atoms with E-state index in [1.807, 2.05) is 0 Å². The third-order valence-corrected chi connectivity index (χ3v) is 7.05. The van der Waals surface area contributed by atoms with Crippen molar-refractivity contribution >= 4 is 11.6 Å². The third kappa shape index (κ3) is 5.45. The van der Waals surface area contributed by atoms with Gasteiger partial charge in [0.1, 0.15) is 11.5 Å². The summed E-state index contributed by atoms with van der Waals surface area (Å²) in [6.07, 6.45) is 3.29. The van der Waals surface area contributed by atoms with Gasteiger partial charge in [-0.3, -0.25) is 4.79 Å². The van der Waals surface area contributed by atoms with Gasteiger partial charge < -0.3 is 9.53 Å². The van der Waals surface area contributed by atoms with E-state index in [9.17, 15) is 9.59 Å². The van der Waals surface area contributed by atoms with Gasteiger partial charge in [-0.2, -0.15) is 0 Å². The van der Waals surface area contributed by atoms with E-state index in [-0.39, 0.29) is 34.5 Å². The second-order valence-electron chi connectivity index (χ2n) is 9.98. The molecule has 0 amide bonds. The van der Waals surface area contributed by atoms with Crippen LogP contribution >= 0.6 is 0 Å². The van der Waals surface area contributed by atoms with Gasteiger partial charge in [-0.1, -0.05) is 66.2 Å². The Hall–Kier alpha value is -2.41. The first-order valence-corrected chi connectivity index (χ1v) is 11.4. The number of allylic oxidation sites excluding steroid dienone is 2. The highest BCUT2D eigenvalue weighted by Crippen LogP contribution is 2.38. The molecule has 0 saturated heterocycles. The lowest BCUT2D eigenvalue weighted by molar-refractivity contribution is -0.131. The molecule has 4 heteroatoms. The molecule has 1 aliphatic carbocycles. The van der Waals surface area contributed by atoms with Crippen LogP contribution in [0.3, 0.4) is 0 Å². The smallest absolute Gasteiger partial charge is 0.229 e. The van der Waals surface area contributed by atoms with Gasteiger partial charge in [-0.05, 0) is 48.1 Å². The van der Waals surface area contributed by atoms with Crippen LogP contribution < -0.4 is 4.74 Å². The molecule has 0 aliphatic heterocycles. The predicted octanol–water partition coefficient (Wildman–Crippen LogP) is 6.57. The van der Waals surface area contributed by atoms with Crippen molar-refractivity contribution in [2.24, 2.45) is 5.92 Å². The van der Waals surface area contributed by atoms with Gasteiger partial charge in [0.25, 0.3) is 0 Å². The first-order valence-electron chi connectivity index (χ1n) is 11.4. The molecule has 4 nitrogen and oxygen atoms in total. The molecule has 0 spiro atoms. The Bertz CT molecular complexity index is 915. The van der Waals surface area contributed by atoms with E-state index in [1.165, 1.54) is 11.1 Å². The number of carbonyl (C=O) groups excluding carboxylic acids is 2. The van der Waals surface area contributed by atoms with E-state index in [4.69, 9.17) is 11.3 Å². The maximum Gasteiger partial charge on any atom is 0.229 e. The second-order valence-corrected chi connectivity index (χ2v) is 9.98. The number of rotatable bonds is 9. The zero-order valence-corrected chi connectivity index (χ0v) is 20.2. The minimum Gasteiger partial charge on any atom is -0.493 e. The number of Topliss-reactive ketones (excluding diaryl/α,β-unsaturated/α-hetero) is 2. The Kier molecular flexibility index (Phi) is 7.87. The Morgan fingerprint density at radius 3 is 2.32 bits per heavy atom. The molecule has 0 bridgehead atoms. The number of hydrogen-bond donors (Lipinski definition) is 0. The summed E-state index contributed by atoms with van der Waals surface area (Å²) >= 11 is 0. The molecule has 0 fully saturated rings. The van der Waals surface area contributed by atoms with Crippen LogP contribution in [-0.4, -0.2) is 18.2 Å². The summed E-state index contributed by atoms with van der Waals surface area (Å²) in [6.45, 7) is 22.7. The Labute approximate surface area is 187 Å². The fourth-order valence-corrected chi connectivity index (χ4v) is 3.90. The fraction of sp³-hybridized carbons (Fsp3) is 0.593. The lowest BCUT2D eigenvalue weighted by Gasteiger charge is -2.30. The molecule has 0 N–H and O–H groups in total. The number of ketones is 2. The molecule has 168 valence electrons. The van der Waals surface area contributed by atoms with Crippen molar-refractivity contribution < 1.29 is 14.3 Å². The van der Waals surface area contributed by atoms with Crippen LogP contribution in [0, 0.1) is 12.5 Å². The topological polar surface area (TPSA) is 47.7 Å². The van der Waals surface area contributed by atoms with Gasteiger partial charge in [-0.15, -0.1) is 0 Å². The first-order chi connectivity index (χ1) is 14.5. The fourth-order valence-electron chi connectivity index (χ4n) is 3.90. The Balaban J connectivity index is 2.13. The van der Waals surface area contributed by atoms with E-state index in [1.54, 1.807) is 6.92 Å². The van der Waals surface area contributed by atoms with Gasteiger partial charge in [0.05, 0.1) is 19.1 Å². The van der Waals surface area contributed by atoms with Crippen LogP contribution in [0.15, 0.2) is 29.5 Å². The van der Waals surface area contributed by atoms with Crippen LogP contribution in [0.5, 0.6) is 5.75 Å². The van der Waals surface area contributed by atoms with E-state index >= 15 is 0 Å². The van der Waals surface area contributed by atoms with Crippen molar-refractivity contribution in [1.29, 1.82) is 0 Å². The van der Waals surface area contributed by atoms with Crippen molar-refractivity contribution in [1.82, 2.24) is 0 Å². The number of benzene rings is 1. The maximum absolute atomic E-state index is 12.5. The monoisotopic (exact) mass is 423 g/mol.